The number of amides is 1. The first-order chi connectivity index (χ1) is 12.6. The maximum absolute atomic E-state index is 13.2. The molecule has 0 aromatic heterocycles. The van der Waals surface area contributed by atoms with Crippen LogP contribution in [0.5, 0.6) is 5.75 Å². The molecule has 1 aliphatic heterocycles. The molecular weight excluding hydrogens is 368 g/mol. The Kier molecular flexibility index (Phi) is 4.64. The van der Waals surface area contributed by atoms with Crippen LogP contribution in [0.2, 0.25) is 0 Å². The second-order valence-corrected chi connectivity index (χ2v) is 5.89. The molecule has 142 valence electrons. The molecule has 9 heteroatoms. The average Bonchev–Trinajstić information content (AvgIpc) is 3.00. The van der Waals surface area contributed by atoms with E-state index in [0.717, 1.165) is 24.3 Å². The molecule has 2 aromatic carbocycles. The van der Waals surface area contributed by atoms with E-state index in [4.69, 9.17) is 4.74 Å². The lowest BCUT2D eigenvalue weighted by Crippen LogP contribution is -2.43. The van der Waals surface area contributed by atoms with Crippen molar-refractivity contribution in [2.24, 2.45) is 5.10 Å². The van der Waals surface area contributed by atoms with Crippen LogP contribution in [0.4, 0.5) is 17.6 Å². The van der Waals surface area contributed by atoms with Crippen molar-refractivity contribution >= 4 is 11.6 Å². The molecule has 0 unspecified atom stereocenters. The molecule has 0 saturated carbocycles. The van der Waals surface area contributed by atoms with Gasteiger partial charge in [-0.25, -0.2) is 4.39 Å². The number of aliphatic hydroxyl groups is 1. The molecular formula is C18H14F4N2O3. The standard InChI is InChI=1S/C18H14F4N2O3/c1-27-14-4-2-3-11(9-14)16(25)24-17(26,10-15(23-24)18(20,21)22)12-5-7-13(19)8-6-12/h2-9,26H,10H2,1H3/t17-/m1/s1. The minimum atomic E-state index is -4.84. The lowest BCUT2D eigenvalue weighted by molar-refractivity contribution is -0.0816. The summed E-state index contributed by atoms with van der Waals surface area (Å²) < 4.78 is 57.7. The normalized spacial score (nSPS) is 19.8. The summed E-state index contributed by atoms with van der Waals surface area (Å²) in [7, 11) is 1.37. The number of alkyl halides is 3. The molecule has 1 atom stereocenters. The lowest BCUT2D eigenvalue weighted by atomic mass is 9.96. The molecule has 0 bridgehead atoms. The first kappa shape index (κ1) is 18.8. The molecule has 3 rings (SSSR count). The molecule has 1 heterocycles. The highest BCUT2D eigenvalue weighted by molar-refractivity contribution is 6.00. The fraction of sp³-hybridized carbons (Fsp3) is 0.222. The maximum Gasteiger partial charge on any atom is 0.431 e. The fourth-order valence-corrected chi connectivity index (χ4v) is 2.74. The van der Waals surface area contributed by atoms with Crippen molar-refractivity contribution in [1.29, 1.82) is 0 Å². The van der Waals surface area contributed by atoms with Gasteiger partial charge in [-0.3, -0.25) is 4.79 Å². The van der Waals surface area contributed by atoms with Gasteiger partial charge in [-0.05, 0) is 30.3 Å². The molecule has 1 N–H and O–H groups in total. The number of hydrogen-bond donors (Lipinski definition) is 1. The summed E-state index contributed by atoms with van der Waals surface area (Å²) in [5.74, 6) is -1.28. The van der Waals surface area contributed by atoms with Gasteiger partial charge in [0, 0.05) is 11.1 Å². The van der Waals surface area contributed by atoms with Gasteiger partial charge in [-0.15, -0.1) is 0 Å². The smallest absolute Gasteiger partial charge is 0.431 e. The molecule has 27 heavy (non-hydrogen) atoms. The number of methoxy groups -OCH3 is 1. The number of carbonyl (C=O) groups excluding carboxylic acids is 1. The molecule has 1 amide bonds. The summed E-state index contributed by atoms with van der Waals surface area (Å²) in [6.45, 7) is 0. The molecule has 1 aliphatic rings. The van der Waals surface area contributed by atoms with Crippen molar-refractivity contribution in [3.05, 3.63) is 65.5 Å². The van der Waals surface area contributed by atoms with E-state index in [0.29, 0.717) is 10.8 Å². The van der Waals surface area contributed by atoms with Gasteiger partial charge in [0.05, 0.1) is 13.5 Å². The number of halogens is 4. The van der Waals surface area contributed by atoms with Crippen LogP contribution in [-0.2, 0) is 5.72 Å². The van der Waals surface area contributed by atoms with Gasteiger partial charge in [-0.2, -0.15) is 23.3 Å². The molecule has 0 fully saturated rings. The summed E-state index contributed by atoms with van der Waals surface area (Å²) in [5, 5.41) is 14.6. The van der Waals surface area contributed by atoms with E-state index >= 15 is 0 Å². The van der Waals surface area contributed by atoms with Gasteiger partial charge in [0.25, 0.3) is 5.91 Å². The van der Waals surface area contributed by atoms with E-state index in [1.807, 2.05) is 0 Å². The summed E-state index contributed by atoms with van der Waals surface area (Å²) in [6, 6.07) is 9.88. The van der Waals surface area contributed by atoms with Crippen LogP contribution >= 0.6 is 0 Å². The van der Waals surface area contributed by atoms with Gasteiger partial charge in [0.15, 0.2) is 5.72 Å². The number of hydrogen-bond acceptors (Lipinski definition) is 4. The Morgan fingerprint density at radius 1 is 1.22 bits per heavy atom. The monoisotopic (exact) mass is 382 g/mol. The second kappa shape index (κ2) is 6.66. The fourth-order valence-electron chi connectivity index (χ4n) is 2.74. The maximum atomic E-state index is 13.2. The van der Waals surface area contributed by atoms with Gasteiger partial charge in [-0.1, -0.05) is 18.2 Å². The van der Waals surface area contributed by atoms with Crippen molar-refractivity contribution in [3.8, 4) is 5.75 Å². The number of ether oxygens (including phenoxy) is 1. The topological polar surface area (TPSA) is 62.1 Å². The SMILES string of the molecule is COc1cccc(C(=O)N2N=C(C(F)(F)F)C[C@@]2(O)c2ccc(F)cc2)c1. The van der Waals surface area contributed by atoms with E-state index in [2.05, 4.69) is 5.10 Å². The van der Waals surface area contributed by atoms with E-state index < -0.39 is 35.8 Å². The Morgan fingerprint density at radius 2 is 1.89 bits per heavy atom. The predicted octanol–water partition coefficient (Wildman–Crippen LogP) is 3.44. The van der Waals surface area contributed by atoms with Crippen molar-refractivity contribution in [3.63, 3.8) is 0 Å². The average molecular weight is 382 g/mol. The molecule has 0 radical (unpaired) electrons. The highest BCUT2D eigenvalue weighted by Crippen LogP contribution is 2.40. The van der Waals surface area contributed by atoms with E-state index in [-0.39, 0.29) is 11.1 Å². The van der Waals surface area contributed by atoms with Gasteiger partial charge < -0.3 is 9.84 Å². The van der Waals surface area contributed by atoms with Crippen molar-refractivity contribution < 1.29 is 32.2 Å². The first-order valence-electron chi connectivity index (χ1n) is 7.77. The minimum absolute atomic E-state index is 0.0259. The van der Waals surface area contributed by atoms with E-state index in [1.54, 1.807) is 6.07 Å². The van der Waals surface area contributed by atoms with E-state index in [1.165, 1.54) is 25.3 Å². The number of hydrazone groups is 1. The minimum Gasteiger partial charge on any atom is -0.497 e. The van der Waals surface area contributed by atoms with Gasteiger partial charge in [0.1, 0.15) is 17.3 Å². The quantitative estimate of drug-likeness (QED) is 0.828. The Morgan fingerprint density at radius 3 is 2.48 bits per heavy atom. The Hall–Kier alpha value is -2.94. The molecule has 0 saturated heterocycles. The van der Waals surface area contributed by atoms with E-state index in [9.17, 15) is 27.5 Å². The summed E-state index contributed by atoms with van der Waals surface area (Å²) in [4.78, 5) is 12.8. The lowest BCUT2D eigenvalue weighted by Gasteiger charge is -2.31. The Balaban J connectivity index is 2.07. The molecule has 2 aromatic rings. The summed E-state index contributed by atoms with van der Waals surface area (Å²) in [5.41, 5.74) is -3.84. The van der Waals surface area contributed by atoms with Gasteiger partial charge in [0.2, 0.25) is 0 Å². The third-order valence-corrected chi connectivity index (χ3v) is 4.13. The van der Waals surface area contributed by atoms with Crippen molar-refractivity contribution in [2.45, 2.75) is 18.3 Å². The molecule has 0 spiro atoms. The van der Waals surface area contributed by atoms with Gasteiger partial charge >= 0.3 is 6.18 Å². The predicted molar refractivity (Wildman–Crippen MR) is 87.6 cm³/mol. The van der Waals surface area contributed by atoms with Crippen LogP contribution in [0.3, 0.4) is 0 Å². The third kappa shape index (κ3) is 3.50. The van der Waals surface area contributed by atoms with Crippen LogP contribution in [0, 0.1) is 5.82 Å². The number of nitrogens with zero attached hydrogens (tertiary/aromatic N) is 2. The highest BCUT2D eigenvalue weighted by Gasteiger charge is 2.53. The van der Waals surface area contributed by atoms with Crippen LogP contribution in [-0.4, -0.2) is 35.0 Å². The summed E-state index contributed by atoms with van der Waals surface area (Å²) in [6.07, 6.45) is -5.81. The number of carbonyl (C=O) groups is 1. The van der Waals surface area contributed by atoms with Crippen LogP contribution in [0.25, 0.3) is 0 Å². The van der Waals surface area contributed by atoms with Crippen LogP contribution in [0.15, 0.2) is 53.6 Å². The second-order valence-electron chi connectivity index (χ2n) is 5.89. The van der Waals surface area contributed by atoms with Crippen molar-refractivity contribution in [1.82, 2.24) is 5.01 Å². The largest absolute Gasteiger partial charge is 0.497 e. The first-order valence-corrected chi connectivity index (χ1v) is 7.77. The zero-order valence-corrected chi connectivity index (χ0v) is 14.0. The Labute approximate surface area is 151 Å². The van der Waals surface area contributed by atoms with Crippen molar-refractivity contribution in [2.75, 3.05) is 7.11 Å². The number of benzene rings is 2. The third-order valence-electron chi connectivity index (χ3n) is 4.13. The molecule has 0 aliphatic carbocycles. The Bertz CT molecular complexity index is 896. The zero-order valence-electron chi connectivity index (χ0n) is 14.0. The number of rotatable bonds is 3. The summed E-state index contributed by atoms with van der Waals surface area (Å²) >= 11 is 0. The zero-order chi connectivity index (χ0) is 19.8. The van der Waals surface area contributed by atoms with Crippen LogP contribution in [0.1, 0.15) is 22.3 Å². The molecule has 5 nitrogen and oxygen atoms in total. The van der Waals surface area contributed by atoms with Crippen LogP contribution < -0.4 is 4.74 Å². The highest BCUT2D eigenvalue weighted by atomic mass is 19.4.